The van der Waals surface area contributed by atoms with E-state index in [1.165, 1.54) is 32.3 Å². The summed E-state index contributed by atoms with van der Waals surface area (Å²) in [6.07, 6.45) is -0.368. The SMILES string of the molecule is c1ccc(C2=NC(c3ccccc3)NC(c3c(-n4c5cc6ccccc6cc5c5cc6ccccc6cc54)ccc4oc5cc6ccccc6cc5c34)=N2)cc1. The van der Waals surface area contributed by atoms with E-state index in [4.69, 9.17) is 14.4 Å². The molecule has 1 aliphatic rings. The number of hydrogen-bond acceptors (Lipinski definition) is 4. The summed E-state index contributed by atoms with van der Waals surface area (Å²) < 4.78 is 9.19. The lowest BCUT2D eigenvalue weighted by Gasteiger charge is -2.25. The third-order valence-corrected chi connectivity index (χ3v) is 11.3. The Morgan fingerprint density at radius 3 is 1.61 bits per heavy atom. The molecule has 0 saturated carbocycles. The highest BCUT2D eigenvalue weighted by Crippen LogP contribution is 2.42. The van der Waals surface area contributed by atoms with Crippen LogP contribution in [0.2, 0.25) is 0 Å². The van der Waals surface area contributed by atoms with E-state index in [1.807, 2.05) is 24.3 Å². The maximum Gasteiger partial charge on any atom is 0.159 e. The molecule has 262 valence electrons. The molecule has 0 aliphatic carbocycles. The number of benzene rings is 9. The summed E-state index contributed by atoms with van der Waals surface area (Å²) in [6, 6.07) is 64.5. The summed E-state index contributed by atoms with van der Waals surface area (Å²) in [5.41, 5.74) is 7.87. The molecule has 5 heteroatoms. The lowest BCUT2D eigenvalue weighted by Crippen LogP contribution is -2.34. The maximum absolute atomic E-state index is 6.76. The van der Waals surface area contributed by atoms with Crippen LogP contribution in [0, 0.1) is 0 Å². The molecule has 0 fully saturated rings. The standard InChI is InChI=1S/C51H32N4O/c1-3-13-31(14-4-1)49-52-50(32-15-5-2-6-16-32)54-51(53-49)48-42(23-24-45-47(48)41-27-35-19-9-12-22-38(35)30-46(41)56-45)55-43-28-36-20-10-7-17-33(36)25-39(43)40-26-34-18-8-11-21-37(34)29-44(40)55/h1-30,49H,(H,52,53,54). The topological polar surface area (TPSA) is 54.8 Å². The number of aromatic nitrogens is 1. The first-order valence-electron chi connectivity index (χ1n) is 19.0. The second kappa shape index (κ2) is 12.0. The highest BCUT2D eigenvalue weighted by Gasteiger charge is 2.28. The third kappa shape index (κ3) is 4.74. The normalized spacial score (nSPS) is 14.6. The molecule has 56 heavy (non-hydrogen) atoms. The molecule has 0 bridgehead atoms. The summed E-state index contributed by atoms with van der Waals surface area (Å²) in [6.45, 7) is 0. The fourth-order valence-electron chi connectivity index (χ4n) is 8.71. The van der Waals surface area contributed by atoms with Crippen LogP contribution in [-0.4, -0.2) is 16.2 Å². The predicted octanol–water partition coefficient (Wildman–Crippen LogP) is 12.6. The molecule has 0 radical (unpaired) electrons. The van der Waals surface area contributed by atoms with E-state index in [2.05, 4.69) is 168 Å². The monoisotopic (exact) mass is 716 g/mol. The minimum atomic E-state index is -0.368. The summed E-state index contributed by atoms with van der Waals surface area (Å²) >= 11 is 0. The molecule has 1 atom stereocenters. The van der Waals surface area contributed by atoms with Crippen LogP contribution in [0.15, 0.2) is 196 Å². The summed E-state index contributed by atoms with van der Waals surface area (Å²) in [5.74, 6) is 1.41. The van der Waals surface area contributed by atoms with Crippen LogP contribution in [0.25, 0.3) is 81.7 Å². The minimum Gasteiger partial charge on any atom is -0.456 e. The van der Waals surface area contributed by atoms with Crippen molar-refractivity contribution < 1.29 is 4.42 Å². The van der Waals surface area contributed by atoms with E-state index < -0.39 is 0 Å². The van der Waals surface area contributed by atoms with Gasteiger partial charge in [-0.15, -0.1) is 0 Å². The van der Waals surface area contributed by atoms with Gasteiger partial charge in [0.25, 0.3) is 0 Å². The first-order valence-corrected chi connectivity index (χ1v) is 19.0. The van der Waals surface area contributed by atoms with Gasteiger partial charge >= 0.3 is 0 Å². The van der Waals surface area contributed by atoms with Gasteiger partial charge in [-0.05, 0) is 86.4 Å². The van der Waals surface area contributed by atoms with Gasteiger partial charge in [-0.1, -0.05) is 133 Å². The molecule has 0 saturated heterocycles. The molecule has 1 aliphatic heterocycles. The van der Waals surface area contributed by atoms with Crippen LogP contribution in [0.3, 0.4) is 0 Å². The van der Waals surface area contributed by atoms with E-state index in [-0.39, 0.29) is 6.17 Å². The fourth-order valence-corrected chi connectivity index (χ4v) is 8.71. The zero-order chi connectivity index (χ0) is 36.7. The molecular weight excluding hydrogens is 685 g/mol. The number of fused-ring (bicyclic) bond motifs is 9. The van der Waals surface area contributed by atoms with E-state index in [0.717, 1.165) is 72.0 Å². The molecule has 1 unspecified atom stereocenters. The van der Waals surface area contributed by atoms with Crippen LogP contribution < -0.4 is 5.32 Å². The molecular formula is C51H32N4O. The van der Waals surface area contributed by atoms with Crippen molar-refractivity contribution in [3.05, 3.63) is 199 Å². The average molecular weight is 717 g/mol. The van der Waals surface area contributed by atoms with Gasteiger partial charge < -0.3 is 14.3 Å². The van der Waals surface area contributed by atoms with E-state index >= 15 is 0 Å². The Bertz CT molecular complexity index is 3350. The fraction of sp³-hybridized carbons (Fsp3) is 0.0196. The Kier molecular flexibility index (Phi) is 6.63. The second-order valence-corrected chi connectivity index (χ2v) is 14.6. The van der Waals surface area contributed by atoms with Crippen molar-refractivity contribution in [3.8, 4) is 5.69 Å². The smallest absolute Gasteiger partial charge is 0.159 e. The van der Waals surface area contributed by atoms with Crippen molar-refractivity contribution in [3.63, 3.8) is 0 Å². The number of furan rings is 1. The van der Waals surface area contributed by atoms with E-state index in [0.29, 0.717) is 5.84 Å². The number of amidine groups is 2. The molecule has 0 amide bonds. The van der Waals surface area contributed by atoms with Crippen molar-refractivity contribution in [1.29, 1.82) is 0 Å². The van der Waals surface area contributed by atoms with Gasteiger partial charge in [0.15, 0.2) is 5.84 Å². The van der Waals surface area contributed by atoms with Crippen LogP contribution in [0.1, 0.15) is 22.9 Å². The quantitative estimate of drug-likeness (QED) is 0.197. The zero-order valence-electron chi connectivity index (χ0n) is 30.1. The first kappa shape index (κ1) is 30.9. The number of rotatable bonds is 4. The van der Waals surface area contributed by atoms with Gasteiger partial charge in [0.2, 0.25) is 0 Å². The molecule has 12 rings (SSSR count). The Balaban J connectivity index is 1.24. The Morgan fingerprint density at radius 1 is 0.482 bits per heavy atom. The number of hydrogen-bond donors (Lipinski definition) is 1. The number of nitrogens with one attached hydrogen (secondary N) is 1. The highest BCUT2D eigenvalue weighted by atomic mass is 16.3. The summed E-state index contributed by atoms with van der Waals surface area (Å²) in [7, 11) is 0. The molecule has 0 spiro atoms. The van der Waals surface area contributed by atoms with Crippen molar-refractivity contribution >= 4 is 87.7 Å². The maximum atomic E-state index is 6.76. The van der Waals surface area contributed by atoms with Crippen LogP contribution >= 0.6 is 0 Å². The van der Waals surface area contributed by atoms with Crippen molar-refractivity contribution in [1.82, 2.24) is 9.88 Å². The predicted molar refractivity (Wildman–Crippen MR) is 232 cm³/mol. The van der Waals surface area contributed by atoms with E-state index in [9.17, 15) is 0 Å². The largest absolute Gasteiger partial charge is 0.456 e. The highest BCUT2D eigenvalue weighted by molar-refractivity contribution is 6.26. The van der Waals surface area contributed by atoms with Crippen LogP contribution in [0.5, 0.6) is 0 Å². The van der Waals surface area contributed by atoms with Gasteiger partial charge in [0.05, 0.1) is 22.3 Å². The van der Waals surface area contributed by atoms with Crippen LogP contribution in [0.4, 0.5) is 0 Å². The van der Waals surface area contributed by atoms with Crippen molar-refractivity contribution in [2.24, 2.45) is 9.98 Å². The van der Waals surface area contributed by atoms with Gasteiger partial charge in [0, 0.05) is 27.1 Å². The van der Waals surface area contributed by atoms with Crippen LogP contribution in [-0.2, 0) is 0 Å². The third-order valence-electron chi connectivity index (χ3n) is 11.3. The summed E-state index contributed by atoms with van der Waals surface area (Å²) in [4.78, 5) is 10.6. The molecule has 5 nitrogen and oxygen atoms in total. The molecule has 9 aromatic carbocycles. The molecule has 11 aromatic rings. The Labute approximate surface area is 321 Å². The second-order valence-electron chi connectivity index (χ2n) is 14.6. The van der Waals surface area contributed by atoms with Crippen molar-refractivity contribution in [2.75, 3.05) is 0 Å². The lowest BCUT2D eigenvalue weighted by atomic mass is 9.99. The molecule has 2 aromatic heterocycles. The first-order chi connectivity index (χ1) is 27.7. The summed E-state index contributed by atoms with van der Waals surface area (Å²) in [5, 5.41) is 15.4. The van der Waals surface area contributed by atoms with E-state index in [1.54, 1.807) is 0 Å². The lowest BCUT2D eigenvalue weighted by molar-refractivity contribution is 0.668. The van der Waals surface area contributed by atoms with Crippen molar-refractivity contribution in [2.45, 2.75) is 6.17 Å². The van der Waals surface area contributed by atoms with Gasteiger partial charge in [-0.3, -0.25) is 0 Å². The Morgan fingerprint density at radius 2 is 1.00 bits per heavy atom. The van der Waals surface area contributed by atoms with Gasteiger partial charge in [0.1, 0.15) is 23.2 Å². The molecule has 3 heterocycles. The van der Waals surface area contributed by atoms with Gasteiger partial charge in [-0.2, -0.15) is 0 Å². The minimum absolute atomic E-state index is 0.368. The average Bonchev–Trinajstić information content (AvgIpc) is 3.77. The number of aliphatic imine (C=N–C) groups is 2. The zero-order valence-corrected chi connectivity index (χ0v) is 30.1. The van der Waals surface area contributed by atoms with Gasteiger partial charge in [-0.25, -0.2) is 9.98 Å². The Hall–Kier alpha value is -7.50. The number of nitrogens with zero attached hydrogens (tertiary/aromatic N) is 3. The molecule has 1 N–H and O–H groups in total.